The van der Waals surface area contributed by atoms with Gasteiger partial charge < -0.3 is 16.0 Å². The Morgan fingerprint density at radius 2 is 1.87 bits per heavy atom. The third-order valence-corrected chi connectivity index (χ3v) is 5.66. The molecular formula is C22H22N6O2S. The number of nitrogens with zero attached hydrogens (tertiary/aromatic N) is 4. The lowest BCUT2D eigenvalue weighted by atomic mass is 10.0. The number of nitriles is 2. The number of hydrogen-bond donors (Lipinski definition) is 2. The van der Waals surface area contributed by atoms with Gasteiger partial charge in [0.15, 0.2) is 0 Å². The summed E-state index contributed by atoms with van der Waals surface area (Å²) < 4.78 is 0. The summed E-state index contributed by atoms with van der Waals surface area (Å²) in [5, 5.41) is 21.5. The number of anilines is 2. The number of aromatic nitrogens is 1. The van der Waals surface area contributed by atoms with Gasteiger partial charge in [0.05, 0.1) is 11.1 Å². The molecule has 31 heavy (non-hydrogen) atoms. The number of primary amides is 1. The van der Waals surface area contributed by atoms with E-state index in [0.717, 1.165) is 17.8 Å². The van der Waals surface area contributed by atoms with Gasteiger partial charge in [0, 0.05) is 19.8 Å². The van der Waals surface area contributed by atoms with Gasteiger partial charge in [0.2, 0.25) is 11.8 Å². The van der Waals surface area contributed by atoms with E-state index in [2.05, 4.69) is 29.0 Å². The third kappa shape index (κ3) is 5.21. The molecule has 1 aromatic heterocycles. The Hall–Kier alpha value is -3.82. The molecule has 2 amide bonds. The predicted molar refractivity (Wildman–Crippen MR) is 120 cm³/mol. The molecule has 2 aromatic rings. The smallest absolute Gasteiger partial charge is 0.247 e. The molecule has 8 nitrogen and oxygen atoms in total. The first-order chi connectivity index (χ1) is 14.8. The molecule has 0 radical (unpaired) electrons. The van der Waals surface area contributed by atoms with Crippen LogP contribution in [0, 0.1) is 22.7 Å². The van der Waals surface area contributed by atoms with Crippen LogP contribution < -0.4 is 16.0 Å². The molecule has 0 aliphatic heterocycles. The van der Waals surface area contributed by atoms with Crippen molar-refractivity contribution >= 4 is 35.1 Å². The van der Waals surface area contributed by atoms with Crippen LogP contribution in [0.3, 0.4) is 0 Å². The molecule has 1 atom stereocenters. The van der Waals surface area contributed by atoms with E-state index in [9.17, 15) is 20.1 Å². The van der Waals surface area contributed by atoms with Gasteiger partial charge in [0.1, 0.15) is 28.2 Å². The zero-order chi connectivity index (χ0) is 23.1. The number of pyridine rings is 1. The molecule has 0 spiro atoms. The van der Waals surface area contributed by atoms with Crippen LogP contribution in [0.15, 0.2) is 41.9 Å². The van der Waals surface area contributed by atoms with Crippen LogP contribution in [0.25, 0.3) is 0 Å². The van der Waals surface area contributed by atoms with Crippen molar-refractivity contribution in [1.82, 2.24) is 4.98 Å². The summed E-state index contributed by atoms with van der Waals surface area (Å²) in [6.07, 6.45) is 1.62. The third-order valence-electron chi connectivity index (χ3n) is 4.40. The lowest BCUT2D eigenvalue weighted by Gasteiger charge is -2.20. The minimum atomic E-state index is -0.823. The molecule has 1 aromatic carbocycles. The minimum absolute atomic E-state index is 0.260. The molecule has 0 aliphatic rings. The highest BCUT2D eigenvalue weighted by molar-refractivity contribution is 8.00. The summed E-state index contributed by atoms with van der Waals surface area (Å²) >= 11 is 1.06. The number of nitrogens with two attached hydrogens (primary N) is 1. The highest BCUT2D eigenvalue weighted by atomic mass is 32.2. The molecule has 3 N–H and O–H groups in total. The fourth-order valence-corrected chi connectivity index (χ4v) is 3.99. The second kappa shape index (κ2) is 10.3. The molecule has 0 unspecified atom stereocenters. The summed E-state index contributed by atoms with van der Waals surface area (Å²) in [6, 6.07) is 10.9. The number of hydrogen-bond acceptors (Lipinski definition) is 7. The second-order valence-electron chi connectivity index (χ2n) is 6.66. The number of benzene rings is 1. The van der Waals surface area contributed by atoms with Gasteiger partial charge in [-0.05, 0) is 35.8 Å². The number of carbonyl (C=O) groups excluding carboxylic acids is 2. The molecule has 1 heterocycles. The predicted octanol–water partition coefficient (Wildman–Crippen LogP) is 2.90. The molecule has 158 valence electrons. The standard InChI is InChI=1S/C22H22N6O2S/c1-5-15-16(11-23)21(28(3)4)27-22(17(15)12-24)31-19(20(25)30)13-7-9-14(10-8-13)26-18(29)6-2/h6-10,19H,2,5H2,1,3-4H3,(H2,25,30)(H,26,29)/t19-/m1/s1. The van der Waals surface area contributed by atoms with Gasteiger partial charge in [-0.2, -0.15) is 10.5 Å². The first kappa shape index (κ1) is 23.5. The van der Waals surface area contributed by atoms with Crippen LogP contribution >= 0.6 is 11.8 Å². The molecule has 0 aliphatic carbocycles. The molecule has 2 rings (SSSR count). The fraction of sp³-hybridized carbons (Fsp3) is 0.227. The van der Waals surface area contributed by atoms with Crippen molar-refractivity contribution < 1.29 is 9.59 Å². The van der Waals surface area contributed by atoms with Crippen LogP contribution in [0.1, 0.15) is 34.4 Å². The van der Waals surface area contributed by atoms with E-state index in [1.165, 1.54) is 0 Å². The van der Waals surface area contributed by atoms with Gasteiger partial charge in [-0.15, -0.1) is 0 Å². The van der Waals surface area contributed by atoms with Crippen LogP contribution in [-0.4, -0.2) is 30.9 Å². The van der Waals surface area contributed by atoms with E-state index >= 15 is 0 Å². The summed E-state index contributed by atoms with van der Waals surface area (Å²) in [7, 11) is 3.51. The second-order valence-corrected chi connectivity index (χ2v) is 7.75. The lowest BCUT2D eigenvalue weighted by molar-refractivity contribution is -0.117. The Balaban J connectivity index is 2.53. The highest BCUT2D eigenvalue weighted by Crippen LogP contribution is 2.39. The van der Waals surface area contributed by atoms with E-state index < -0.39 is 11.2 Å². The van der Waals surface area contributed by atoms with Gasteiger partial charge in [-0.1, -0.05) is 37.4 Å². The maximum absolute atomic E-state index is 12.3. The Morgan fingerprint density at radius 1 is 1.26 bits per heavy atom. The largest absolute Gasteiger partial charge is 0.368 e. The number of rotatable bonds is 8. The van der Waals surface area contributed by atoms with E-state index in [0.29, 0.717) is 39.6 Å². The maximum atomic E-state index is 12.3. The first-order valence-corrected chi connectivity index (χ1v) is 10.2. The van der Waals surface area contributed by atoms with E-state index in [-0.39, 0.29) is 11.5 Å². The summed E-state index contributed by atoms with van der Waals surface area (Å²) in [4.78, 5) is 29.9. The Labute approximate surface area is 185 Å². The number of carbonyl (C=O) groups is 2. The average molecular weight is 435 g/mol. The fourth-order valence-electron chi connectivity index (χ4n) is 2.93. The maximum Gasteiger partial charge on any atom is 0.247 e. The van der Waals surface area contributed by atoms with Crippen molar-refractivity contribution in [2.45, 2.75) is 23.6 Å². The molecule has 0 saturated carbocycles. The summed E-state index contributed by atoms with van der Waals surface area (Å²) in [5.74, 6) is -0.531. The molecule has 9 heteroatoms. The van der Waals surface area contributed by atoms with Crippen molar-refractivity contribution in [2.24, 2.45) is 5.73 Å². The zero-order valence-electron chi connectivity index (χ0n) is 17.5. The quantitative estimate of drug-likeness (QED) is 0.481. The number of thioether (sulfide) groups is 1. The lowest BCUT2D eigenvalue weighted by Crippen LogP contribution is -2.20. The number of amides is 2. The van der Waals surface area contributed by atoms with Crippen molar-refractivity contribution in [2.75, 3.05) is 24.3 Å². The van der Waals surface area contributed by atoms with Gasteiger partial charge in [0.25, 0.3) is 0 Å². The molecule has 0 bridgehead atoms. The highest BCUT2D eigenvalue weighted by Gasteiger charge is 2.26. The summed E-state index contributed by atoms with van der Waals surface area (Å²) in [6.45, 7) is 5.26. The van der Waals surface area contributed by atoms with E-state index in [1.54, 1.807) is 43.3 Å². The van der Waals surface area contributed by atoms with Crippen molar-refractivity contribution in [3.8, 4) is 12.1 Å². The van der Waals surface area contributed by atoms with Gasteiger partial charge in [-0.25, -0.2) is 4.98 Å². The molecule has 0 saturated heterocycles. The van der Waals surface area contributed by atoms with Crippen molar-refractivity contribution in [1.29, 1.82) is 10.5 Å². The summed E-state index contributed by atoms with van der Waals surface area (Å²) in [5.41, 5.74) is 7.97. The Morgan fingerprint density at radius 3 is 2.32 bits per heavy atom. The van der Waals surface area contributed by atoms with Crippen LogP contribution in [-0.2, 0) is 16.0 Å². The normalized spacial score (nSPS) is 11.0. The zero-order valence-corrected chi connectivity index (χ0v) is 18.3. The van der Waals surface area contributed by atoms with Gasteiger partial charge in [-0.3, -0.25) is 9.59 Å². The molecular weight excluding hydrogens is 412 g/mol. The monoisotopic (exact) mass is 434 g/mol. The van der Waals surface area contributed by atoms with Crippen LogP contribution in [0.5, 0.6) is 0 Å². The van der Waals surface area contributed by atoms with Gasteiger partial charge >= 0.3 is 0 Å². The first-order valence-electron chi connectivity index (χ1n) is 9.31. The van der Waals surface area contributed by atoms with E-state index in [4.69, 9.17) is 5.73 Å². The minimum Gasteiger partial charge on any atom is -0.368 e. The number of nitrogens with one attached hydrogen (secondary N) is 1. The Bertz CT molecular complexity index is 1100. The van der Waals surface area contributed by atoms with E-state index in [1.807, 2.05) is 6.92 Å². The van der Waals surface area contributed by atoms with Crippen LogP contribution in [0.4, 0.5) is 11.5 Å². The SMILES string of the molecule is C=CC(=O)Nc1ccc([C@@H](Sc2nc(N(C)C)c(C#N)c(CC)c2C#N)C(N)=O)cc1. The van der Waals surface area contributed by atoms with Crippen molar-refractivity contribution in [3.05, 3.63) is 59.2 Å². The molecule has 0 fully saturated rings. The Kier molecular flexibility index (Phi) is 7.78. The topological polar surface area (TPSA) is 136 Å². The van der Waals surface area contributed by atoms with Crippen LogP contribution in [0.2, 0.25) is 0 Å². The average Bonchev–Trinajstić information content (AvgIpc) is 2.76. The van der Waals surface area contributed by atoms with Crippen molar-refractivity contribution in [3.63, 3.8) is 0 Å².